The van der Waals surface area contributed by atoms with Crippen molar-refractivity contribution in [2.75, 3.05) is 32.8 Å². The average molecular weight is 332 g/mol. The van der Waals surface area contributed by atoms with E-state index in [2.05, 4.69) is 17.0 Å². The SMILES string of the molecule is CCOc1cc2c(cc1CN1CCN(C(C)=O)CC(O)C1)CCC2. The normalized spacial score (nSPS) is 21.5. The van der Waals surface area contributed by atoms with Crippen LogP contribution in [0.25, 0.3) is 0 Å². The molecule has 5 heteroatoms. The molecule has 1 aromatic carbocycles. The van der Waals surface area contributed by atoms with Gasteiger partial charge in [0.05, 0.1) is 12.7 Å². The van der Waals surface area contributed by atoms with Crippen molar-refractivity contribution < 1.29 is 14.6 Å². The van der Waals surface area contributed by atoms with Crippen LogP contribution in [-0.4, -0.2) is 59.7 Å². The second kappa shape index (κ2) is 7.53. The van der Waals surface area contributed by atoms with Crippen LogP contribution in [0.1, 0.15) is 37.0 Å². The summed E-state index contributed by atoms with van der Waals surface area (Å²) in [4.78, 5) is 15.6. The lowest BCUT2D eigenvalue weighted by molar-refractivity contribution is -0.129. The molecule has 1 amide bonds. The Morgan fingerprint density at radius 3 is 2.71 bits per heavy atom. The molecular formula is C19H28N2O3. The minimum absolute atomic E-state index is 0.0310. The Balaban J connectivity index is 1.76. The fraction of sp³-hybridized carbons (Fsp3) is 0.632. The summed E-state index contributed by atoms with van der Waals surface area (Å²) in [7, 11) is 0. The molecule has 2 aliphatic rings. The van der Waals surface area contributed by atoms with Crippen LogP contribution in [0.4, 0.5) is 0 Å². The fourth-order valence-electron chi connectivity index (χ4n) is 3.79. The zero-order chi connectivity index (χ0) is 17.1. The minimum Gasteiger partial charge on any atom is -0.494 e. The Bertz CT molecular complexity index is 603. The number of nitrogens with zero attached hydrogens (tertiary/aromatic N) is 2. The first kappa shape index (κ1) is 17.2. The second-order valence-electron chi connectivity index (χ2n) is 6.87. The molecule has 5 nitrogen and oxygen atoms in total. The molecule has 1 aliphatic carbocycles. The number of fused-ring (bicyclic) bond motifs is 1. The van der Waals surface area contributed by atoms with E-state index in [1.165, 1.54) is 23.1 Å². The molecule has 1 aliphatic heterocycles. The van der Waals surface area contributed by atoms with E-state index < -0.39 is 6.10 Å². The smallest absolute Gasteiger partial charge is 0.219 e. The highest BCUT2D eigenvalue weighted by Crippen LogP contribution is 2.31. The Hall–Kier alpha value is -1.59. The third-order valence-corrected chi connectivity index (χ3v) is 5.00. The largest absolute Gasteiger partial charge is 0.494 e. The van der Waals surface area contributed by atoms with Crippen molar-refractivity contribution in [1.82, 2.24) is 9.80 Å². The molecule has 0 saturated carbocycles. The van der Waals surface area contributed by atoms with Gasteiger partial charge in [0.1, 0.15) is 5.75 Å². The summed E-state index contributed by atoms with van der Waals surface area (Å²) in [6.45, 7) is 7.45. The summed E-state index contributed by atoms with van der Waals surface area (Å²) < 4.78 is 5.87. The third-order valence-electron chi connectivity index (χ3n) is 5.00. The highest BCUT2D eigenvalue weighted by atomic mass is 16.5. The number of aryl methyl sites for hydroxylation is 2. The first-order valence-corrected chi connectivity index (χ1v) is 9.00. The van der Waals surface area contributed by atoms with Gasteiger partial charge in [0, 0.05) is 45.2 Å². The van der Waals surface area contributed by atoms with Gasteiger partial charge in [-0.1, -0.05) is 6.07 Å². The Morgan fingerprint density at radius 2 is 2.00 bits per heavy atom. The molecule has 1 unspecified atom stereocenters. The number of amides is 1. The highest BCUT2D eigenvalue weighted by Gasteiger charge is 2.24. The summed E-state index contributed by atoms with van der Waals surface area (Å²) >= 11 is 0. The Kier molecular flexibility index (Phi) is 5.41. The number of benzene rings is 1. The molecule has 0 aromatic heterocycles. The van der Waals surface area contributed by atoms with Gasteiger partial charge < -0.3 is 14.7 Å². The molecule has 0 radical (unpaired) electrons. The number of carbonyl (C=O) groups is 1. The van der Waals surface area contributed by atoms with Gasteiger partial charge in [0.25, 0.3) is 0 Å². The average Bonchev–Trinajstić information content (AvgIpc) is 2.89. The van der Waals surface area contributed by atoms with Crippen molar-refractivity contribution in [3.63, 3.8) is 0 Å². The van der Waals surface area contributed by atoms with Crippen molar-refractivity contribution in [2.45, 2.75) is 45.8 Å². The summed E-state index contributed by atoms with van der Waals surface area (Å²) in [6.07, 6.45) is 3.02. The van der Waals surface area contributed by atoms with Crippen LogP contribution in [0, 0.1) is 0 Å². The maximum atomic E-state index is 11.6. The van der Waals surface area contributed by atoms with Crippen LogP contribution in [0.3, 0.4) is 0 Å². The van der Waals surface area contributed by atoms with Crippen LogP contribution in [0.5, 0.6) is 5.75 Å². The standard InChI is InChI=1S/C19H28N2O3/c1-3-24-19-10-16-6-4-5-15(16)9-17(19)11-20-7-8-21(14(2)22)13-18(23)12-20/h9-10,18,23H,3-8,11-13H2,1-2H3. The van der Waals surface area contributed by atoms with E-state index in [9.17, 15) is 9.90 Å². The number of hydrogen-bond acceptors (Lipinski definition) is 4. The van der Waals surface area contributed by atoms with Gasteiger partial charge in [-0.3, -0.25) is 9.69 Å². The molecule has 1 saturated heterocycles. The maximum absolute atomic E-state index is 11.6. The summed E-state index contributed by atoms with van der Waals surface area (Å²) in [6, 6.07) is 4.49. The number of aliphatic hydroxyl groups excluding tert-OH is 1. The maximum Gasteiger partial charge on any atom is 0.219 e. The molecule has 132 valence electrons. The lowest BCUT2D eigenvalue weighted by Gasteiger charge is -2.23. The van der Waals surface area contributed by atoms with Gasteiger partial charge in [-0.05, 0) is 43.4 Å². The Morgan fingerprint density at radius 1 is 1.25 bits per heavy atom. The van der Waals surface area contributed by atoms with E-state index in [1.807, 2.05) is 6.92 Å². The summed E-state index contributed by atoms with van der Waals surface area (Å²) in [5.41, 5.74) is 4.05. The van der Waals surface area contributed by atoms with E-state index >= 15 is 0 Å². The predicted octanol–water partition coefficient (Wildman–Crippen LogP) is 1.60. The van der Waals surface area contributed by atoms with Gasteiger partial charge in [0.2, 0.25) is 5.91 Å². The molecular weight excluding hydrogens is 304 g/mol. The quantitative estimate of drug-likeness (QED) is 0.910. The number of hydrogen-bond donors (Lipinski definition) is 1. The van der Waals surface area contributed by atoms with Gasteiger partial charge in [-0.15, -0.1) is 0 Å². The van der Waals surface area contributed by atoms with Crippen molar-refractivity contribution in [3.8, 4) is 5.75 Å². The number of ether oxygens (including phenoxy) is 1. The molecule has 1 atom stereocenters. The topological polar surface area (TPSA) is 53.0 Å². The number of rotatable bonds is 4. The first-order valence-electron chi connectivity index (χ1n) is 9.00. The van der Waals surface area contributed by atoms with Crippen LogP contribution in [0.2, 0.25) is 0 Å². The van der Waals surface area contributed by atoms with Crippen molar-refractivity contribution in [1.29, 1.82) is 0 Å². The van der Waals surface area contributed by atoms with E-state index in [0.29, 0.717) is 26.2 Å². The summed E-state index contributed by atoms with van der Waals surface area (Å²) in [5.74, 6) is 1.00. The minimum atomic E-state index is -0.499. The third kappa shape index (κ3) is 3.90. The van der Waals surface area contributed by atoms with Crippen molar-refractivity contribution in [2.24, 2.45) is 0 Å². The molecule has 1 heterocycles. The molecule has 0 bridgehead atoms. The van der Waals surface area contributed by atoms with Crippen LogP contribution < -0.4 is 4.74 Å². The van der Waals surface area contributed by atoms with Crippen molar-refractivity contribution >= 4 is 5.91 Å². The van der Waals surface area contributed by atoms with E-state index in [4.69, 9.17) is 4.74 Å². The lowest BCUT2D eigenvalue weighted by atomic mass is 10.0. The first-order chi connectivity index (χ1) is 11.6. The van der Waals surface area contributed by atoms with Crippen LogP contribution in [-0.2, 0) is 24.2 Å². The molecule has 24 heavy (non-hydrogen) atoms. The number of aliphatic hydroxyl groups is 1. The summed E-state index contributed by atoms with van der Waals surface area (Å²) in [5, 5.41) is 10.2. The fourth-order valence-corrected chi connectivity index (χ4v) is 3.79. The zero-order valence-corrected chi connectivity index (χ0v) is 14.8. The van der Waals surface area contributed by atoms with Gasteiger partial charge in [-0.25, -0.2) is 0 Å². The van der Waals surface area contributed by atoms with E-state index in [1.54, 1.807) is 11.8 Å². The molecule has 1 N–H and O–H groups in total. The van der Waals surface area contributed by atoms with Gasteiger partial charge in [0.15, 0.2) is 0 Å². The zero-order valence-electron chi connectivity index (χ0n) is 14.8. The predicted molar refractivity (Wildman–Crippen MR) is 93.2 cm³/mol. The second-order valence-corrected chi connectivity index (χ2v) is 6.87. The number of β-amino-alcohol motifs (C(OH)–C–C–N with tert-alkyl or cyclic N) is 1. The Labute approximate surface area is 144 Å². The molecule has 3 rings (SSSR count). The number of carbonyl (C=O) groups excluding carboxylic acids is 1. The van der Waals surface area contributed by atoms with Gasteiger partial charge >= 0.3 is 0 Å². The van der Waals surface area contributed by atoms with E-state index in [0.717, 1.165) is 31.7 Å². The van der Waals surface area contributed by atoms with E-state index in [-0.39, 0.29) is 5.91 Å². The van der Waals surface area contributed by atoms with Crippen LogP contribution in [0.15, 0.2) is 12.1 Å². The van der Waals surface area contributed by atoms with Crippen LogP contribution >= 0.6 is 0 Å². The lowest BCUT2D eigenvalue weighted by Crippen LogP contribution is -2.36. The highest BCUT2D eigenvalue weighted by molar-refractivity contribution is 5.73. The molecule has 0 spiro atoms. The van der Waals surface area contributed by atoms with Crippen molar-refractivity contribution in [3.05, 3.63) is 28.8 Å². The van der Waals surface area contributed by atoms with Gasteiger partial charge in [-0.2, -0.15) is 0 Å². The molecule has 1 aromatic rings. The monoisotopic (exact) mass is 332 g/mol. The molecule has 1 fully saturated rings.